The van der Waals surface area contributed by atoms with Crippen LogP contribution in [0.2, 0.25) is 0 Å². The Morgan fingerprint density at radius 1 is 1.14 bits per heavy atom. The Kier molecular flexibility index (Phi) is 5.60. The van der Waals surface area contributed by atoms with Gasteiger partial charge in [0.2, 0.25) is 0 Å². The fourth-order valence-corrected chi connectivity index (χ4v) is 3.39. The van der Waals surface area contributed by atoms with Crippen molar-refractivity contribution in [3.05, 3.63) is 59.5 Å². The third-order valence-electron chi connectivity index (χ3n) is 3.64. The molecule has 2 heterocycles. The van der Waals surface area contributed by atoms with Crippen LogP contribution in [-0.4, -0.2) is 35.3 Å². The number of aromatic nitrogens is 2. The fourth-order valence-electron chi connectivity index (χ4n) is 2.44. The second kappa shape index (κ2) is 7.94. The van der Waals surface area contributed by atoms with Crippen LogP contribution in [0.15, 0.2) is 48.2 Å². The second-order valence-electron chi connectivity index (χ2n) is 7.02. The number of thiophene rings is 1. The van der Waals surface area contributed by atoms with E-state index in [0.29, 0.717) is 21.6 Å². The van der Waals surface area contributed by atoms with Crippen LogP contribution in [0.1, 0.15) is 41.6 Å². The van der Waals surface area contributed by atoms with Crippen molar-refractivity contribution in [2.24, 2.45) is 0 Å². The first kappa shape index (κ1) is 19.8. The summed E-state index contributed by atoms with van der Waals surface area (Å²) in [6.45, 7) is 5.37. The predicted octanol–water partition coefficient (Wildman–Crippen LogP) is 3.21. The summed E-state index contributed by atoms with van der Waals surface area (Å²) in [5.74, 6) is -0.973. The highest BCUT2D eigenvalue weighted by Gasteiger charge is 2.27. The van der Waals surface area contributed by atoms with Crippen LogP contribution in [0, 0.1) is 0 Å². The molecule has 0 spiro atoms. The Morgan fingerprint density at radius 3 is 2.46 bits per heavy atom. The third kappa shape index (κ3) is 4.64. The highest BCUT2D eigenvalue weighted by molar-refractivity contribution is 7.15. The Morgan fingerprint density at radius 2 is 1.86 bits per heavy atom. The zero-order valence-corrected chi connectivity index (χ0v) is 16.5. The predicted molar refractivity (Wildman–Crippen MR) is 110 cm³/mol. The summed E-state index contributed by atoms with van der Waals surface area (Å²) >= 11 is 1.24. The van der Waals surface area contributed by atoms with Gasteiger partial charge in [0, 0.05) is 23.3 Å². The number of esters is 1. The minimum Gasteiger partial charge on any atom is -0.456 e. The highest BCUT2D eigenvalue weighted by Crippen LogP contribution is 2.37. The molecule has 28 heavy (non-hydrogen) atoms. The summed E-state index contributed by atoms with van der Waals surface area (Å²) < 4.78 is 5.56. The molecule has 0 aliphatic rings. The maximum atomic E-state index is 12.9. The molecular formula is C20H18BN3O3S. The van der Waals surface area contributed by atoms with E-state index in [4.69, 9.17) is 12.6 Å². The fraction of sp³-hybridized carbons (Fsp3) is 0.200. The van der Waals surface area contributed by atoms with E-state index in [1.54, 1.807) is 38.3 Å². The summed E-state index contributed by atoms with van der Waals surface area (Å²) in [5, 5.41) is 4.94. The van der Waals surface area contributed by atoms with E-state index in [9.17, 15) is 9.59 Å². The largest absolute Gasteiger partial charge is 0.456 e. The maximum absolute atomic E-state index is 12.9. The van der Waals surface area contributed by atoms with E-state index < -0.39 is 17.5 Å². The lowest BCUT2D eigenvalue weighted by molar-refractivity contribution is 0.00722. The number of nitrogens with one attached hydrogen (secondary N) is 1. The lowest BCUT2D eigenvalue weighted by Crippen LogP contribution is -2.25. The SMILES string of the molecule is [B]c1ccc(-c2csc(NC(=O)c3cnccn3)c2C(=O)OC(C)(C)C)cc1. The topological polar surface area (TPSA) is 81.2 Å². The molecule has 0 atom stereocenters. The highest BCUT2D eigenvalue weighted by atomic mass is 32.1. The number of amides is 1. The normalized spacial score (nSPS) is 11.1. The summed E-state index contributed by atoms with van der Waals surface area (Å²) in [7, 11) is 5.76. The van der Waals surface area contributed by atoms with Crippen LogP contribution in [-0.2, 0) is 4.74 Å². The molecule has 2 radical (unpaired) electrons. The molecule has 1 N–H and O–H groups in total. The Balaban J connectivity index is 2.01. The second-order valence-corrected chi connectivity index (χ2v) is 7.90. The van der Waals surface area contributed by atoms with Crippen LogP contribution < -0.4 is 10.8 Å². The summed E-state index contributed by atoms with van der Waals surface area (Å²) in [6, 6.07) is 7.15. The molecule has 1 amide bonds. The van der Waals surface area contributed by atoms with E-state index in [1.165, 1.54) is 29.9 Å². The Hall–Kier alpha value is -3.00. The van der Waals surface area contributed by atoms with Gasteiger partial charge in [-0.15, -0.1) is 11.3 Å². The lowest BCUT2D eigenvalue weighted by atomic mass is 9.93. The van der Waals surface area contributed by atoms with Crippen molar-refractivity contribution in [1.29, 1.82) is 0 Å². The van der Waals surface area contributed by atoms with Gasteiger partial charge < -0.3 is 10.1 Å². The van der Waals surface area contributed by atoms with Gasteiger partial charge in [0.25, 0.3) is 5.91 Å². The first-order valence-corrected chi connectivity index (χ1v) is 9.40. The third-order valence-corrected chi connectivity index (χ3v) is 4.53. The van der Waals surface area contributed by atoms with Crippen molar-refractivity contribution >= 4 is 41.5 Å². The molecular weight excluding hydrogens is 373 g/mol. The summed E-state index contributed by atoms with van der Waals surface area (Å²) in [4.78, 5) is 33.3. The number of carbonyl (C=O) groups is 2. The molecule has 0 saturated heterocycles. The van der Waals surface area contributed by atoms with Crippen LogP contribution >= 0.6 is 11.3 Å². The van der Waals surface area contributed by atoms with E-state index >= 15 is 0 Å². The van der Waals surface area contributed by atoms with E-state index in [-0.39, 0.29) is 5.69 Å². The minimum atomic E-state index is -0.677. The van der Waals surface area contributed by atoms with Gasteiger partial charge in [-0.05, 0) is 26.3 Å². The standard InChI is InChI=1S/C20H18BN3O3S/c1-20(2,3)27-19(26)16-14(12-4-6-13(21)7-5-12)11-28-18(16)24-17(25)15-10-22-8-9-23-15/h4-11H,1-3H3,(H,24,25). The minimum absolute atomic E-state index is 0.153. The van der Waals surface area contributed by atoms with Crippen LogP contribution in [0.4, 0.5) is 5.00 Å². The number of anilines is 1. The first-order chi connectivity index (χ1) is 13.2. The van der Waals surface area contributed by atoms with Gasteiger partial charge >= 0.3 is 5.97 Å². The molecule has 8 heteroatoms. The number of rotatable bonds is 4. The molecule has 0 aliphatic carbocycles. The van der Waals surface area contributed by atoms with Gasteiger partial charge in [0.05, 0.1) is 6.20 Å². The van der Waals surface area contributed by atoms with Gasteiger partial charge in [-0.3, -0.25) is 9.78 Å². The zero-order valence-electron chi connectivity index (χ0n) is 15.7. The monoisotopic (exact) mass is 391 g/mol. The maximum Gasteiger partial charge on any atom is 0.342 e. The van der Waals surface area contributed by atoms with Crippen LogP contribution in [0.25, 0.3) is 11.1 Å². The number of hydrogen-bond acceptors (Lipinski definition) is 6. The quantitative estimate of drug-likeness (QED) is 0.546. The molecule has 0 fully saturated rings. The molecule has 1 aromatic carbocycles. The molecule has 6 nitrogen and oxygen atoms in total. The summed E-state index contributed by atoms with van der Waals surface area (Å²) in [5.41, 5.74) is 1.85. The molecule has 3 rings (SSSR count). The Labute approximate surface area is 168 Å². The number of nitrogens with zero attached hydrogens (tertiary/aromatic N) is 2. The molecule has 140 valence electrons. The van der Waals surface area contributed by atoms with Crippen molar-refractivity contribution in [3.8, 4) is 11.1 Å². The van der Waals surface area contributed by atoms with E-state index in [2.05, 4.69) is 15.3 Å². The van der Waals surface area contributed by atoms with Crippen LogP contribution in [0.5, 0.6) is 0 Å². The van der Waals surface area contributed by atoms with E-state index in [0.717, 1.165) is 5.56 Å². The van der Waals surface area contributed by atoms with E-state index in [1.807, 2.05) is 12.1 Å². The number of hydrogen-bond donors (Lipinski definition) is 1. The summed E-state index contributed by atoms with van der Waals surface area (Å²) in [6.07, 6.45) is 4.27. The van der Waals surface area contributed by atoms with Gasteiger partial charge in [-0.25, -0.2) is 9.78 Å². The smallest absolute Gasteiger partial charge is 0.342 e. The van der Waals surface area contributed by atoms with Crippen molar-refractivity contribution < 1.29 is 14.3 Å². The molecule has 0 aliphatic heterocycles. The van der Waals surface area contributed by atoms with Gasteiger partial charge in [-0.2, -0.15) is 0 Å². The number of ether oxygens (including phenoxy) is 1. The van der Waals surface area contributed by atoms with Gasteiger partial charge in [0.1, 0.15) is 29.7 Å². The average Bonchev–Trinajstić information content (AvgIpc) is 3.05. The molecule has 2 aromatic heterocycles. The zero-order chi connectivity index (χ0) is 20.3. The molecule has 0 saturated carbocycles. The number of carbonyl (C=O) groups excluding carboxylic acids is 2. The molecule has 3 aromatic rings. The average molecular weight is 391 g/mol. The van der Waals surface area contributed by atoms with Crippen molar-refractivity contribution in [2.45, 2.75) is 26.4 Å². The number of benzene rings is 1. The van der Waals surface area contributed by atoms with Crippen molar-refractivity contribution in [2.75, 3.05) is 5.32 Å². The van der Waals surface area contributed by atoms with Gasteiger partial charge in [-0.1, -0.05) is 29.7 Å². The molecule has 0 unspecified atom stereocenters. The lowest BCUT2D eigenvalue weighted by Gasteiger charge is -2.20. The molecule has 0 bridgehead atoms. The van der Waals surface area contributed by atoms with Crippen molar-refractivity contribution in [1.82, 2.24) is 9.97 Å². The van der Waals surface area contributed by atoms with Crippen LogP contribution in [0.3, 0.4) is 0 Å². The van der Waals surface area contributed by atoms with Gasteiger partial charge in [0.15, 0.2) is 0 Å². The van der Waals surface area contributed by atoms with Crippen molar-refractivity contribution in [3.63, 3.8) is 0 Å². The Bertz CT molecular complexity index is 996. The first-order valence-electron chi connectivity index (χ1n) is 8.53.